The molecule has 0 spiro atoms. The third-order valence-electron chi connectivity index (χ3n) is 6.01. The normalized spacial score (nSPS) is 17.9. The first kappa shape index (κ1) is 23.9. The molecule has 29 heavy (non-hydrogen) atoms. The number of hydrogen-bond donors (Lipinski definition) is 1. The van der Waals surface area contributed by atoms with E-state index in [9.17, 15) is 5.11 Å². The van der Waals surface area contributed by atoms with Gasteiger partial charge in [0.25, 0.3) is 0 Å². The molecule has 1 N–H and O–H groups in total. The summed E-state index contributed by atoms with van der Waals surface area (Å²) in [6, 6.07) is 20.9. The van der Waals surface area contributed by atoms with Gasteiger partial charge in [0.1, 0.15) is 0 Å². The average molecular weight is 417 g/mol. The number of aliphatic hydroxyl groups is 1. The summed E-state index contributed by atoms with van der Waals surface area (Å²) in [6.07, 6.45) is 5.45. The number of ether oxygens (including phenoxy) is 1. The summed E-state index contributed by atoms with van der Waals surface area (Å²) >= 11 is 0. The average Bonchev–Trinajstić information content (AvgIpc) is 2.77. The molecule has 0 bridgehead atoms. The third-order valence-corrected chi connectivity index (χ3v) is 6.01. The van der Waals surface area contributed by atoms with Gasteiger partial charge in [-0.15, -0.1) is 0 Å². The molecular weight excluding hydrogens is 382 g/mol. The summed E-state index contributed by atoms with van der Waals surface area (Å²) in [4.78, 5) is 2.45. The number of halogens is 1. The lowest BCUT2D eigenvalue weighted by Crippen LogP contribution is -3.00. The lowest BCUT2D eigenvalue weighted by Gasteiger charge is -2.41. The van der Waals surface area contributed by atoms with Crippen LogP contribution in [0, 0.1) is 0 Å². The molecule has 2 unspecified atom stereocenters. The Morgan fingerprint density at radius 2 is 1.55 bits per heavy atom. The lowest BCUT2D eigenvalue weighted by atomic mass is 9.74. The van der Waals surface area contributed by atoms with E-state index in [1.54, 1.807) is 0 Å². The van der Waals surface area contributed by atoms with Crippen LogP contribution in [-0.4, -0.2) is 42.9 Å². The molecule has 1 saturated heterocycles. The first-order valence-corrected chi connectivity index (χ1v) is 10.9. The molecule has 3 nitrogen and oxygen atoms in total. The second-order valence-corrected chi connectivity index (χ2v) is 7.98. The van der Waals surface area contributed by atoms with Crippen LogP contribution in [0.1, 0.15) is 56.1 Å². The third kappa shape index (κ3) is 6.55. The zero-order valence-corrected chi connectivity index (χ0v) is 18.4. The first-order valence-electron chi connectivity index (χ1n) is 10.9. The Morgan fingerprint density at radius 1 is 0.931 bits per heavy atom. The van der Waals surface area contributed by atoms with Crippen molar-refractivity contribution >= 4 is 0 Å². The van der Waals surface area contributed by atoms with Crippen molar-refractivity contribution in [3.63, 3.8) is 0 Å². The number of rotatable bonds is 10. The highest BCUT2D eigenvalue weighted by atomic mass is 35.5. The summed E-state index contributed by atoms with van der Waals surface area (Å²) in [6.45, 7) is 6.51. The van der Waals surface area contributed by atoms with Gasteiger partial charge >= 0.3 is 0 Å². The van der Waals surface area contributed by atoms with Crippen LogP contribution in [0.4, 0.5) is 0 Å². The van der Waals surface area contributed by atoms with Crippen molar-refractivity contribution in [3.05, 3.63) is 71.8 Å². The van der Waals surface area contributed by atoms with Gasteiger partial charge in [-0.25, -0.2) is 0 Å². The zero-order chi connectivity index (χ0) is 19.7. The fraction of sp³-hybridized carbons (Fsp3) is 0.520. The summed E-state index contributed by atoms with van der Waals surface area (Å²) in [5.74, 6) is 0.0378. The van der Waals surface area contributed by atoms with Gasteiger partial charge in [-0.2, -0.15) is 0 Å². The number of nitrogens with zero attached hydrogens (tertiary/aromatic N) is 1. The smallest absolute Gasteiger partial charge is 0.0977 e. The molecule has 2 atom stereocenters. The second kappa shape index (κ2) is 12.3. The van der Waals surface area contributed by atoms with E-state index in [1.165, 1.54) is 24.8 Å². The molecule has 1 aliphatic heterocycles. The highest BCUT2D eigenvalue weighted by Gasteiger charge is 2.39. The molecule has 0 saturated carbocycles. The van der Waals surface area contributed by atoms with E-state index in [0.717, 1.165) is 51.3 Å². The number of morpholine rings is 1. The van der Waals surface area contributed by atoms with Gasteiger partial charge in [0.05, 0.1) is 18.8 Å². The molecular formula is C25H35ClNO2-. The molecule has 2 aromatic carbocycles. The van der Waals surface area contributed by atoms with Crippen LogP contribution in [0.15, 0.2) is 60.7 Å². The van der Waals surface area contributed by atoms with Gasteiger partial charge in [0.15, 0.2) is 0 Å². The summed E-state index contributed by atoms with van der Waals surface area (Å²) in [7, 11) is 0. The second-order valence-electron chi connectivity index (χ2n) is 7.98. The van der Waals surface area contributed by atoms with Crippen molar-refractivity contribution in [2.75, 3.05) is 32.8 Å². The van der Waals surface area contributed by atoms with Gasteiger partial charge < -0.3 is 22.3 Å². The molecule has 0 amide bonds. The molecule has 0 radical (unpaired) electrons. The maximum Gasteiger partial charge on any atom is 0.0977 e. The van der Waals surface area contributed by atoms with Crippen molar-refractivity contribution in [2.24, 2.45) is 0 Å². The quantitative estimate of drug-likeness (QED) is 0.601. The minimum absolute atomic E-state index is 0. The van der Waals surface area contributed by atoms with Crippen molar-refractivity contribution in [1.29, 1.82) is 0 Å². The molecule has 1 fully saturated rings. The van der Waals surface area contributed by atoms with Gasteiger partial charge in [0, 0.05) is 25.6 Å². The monoisotopic (exact) mass is 416 g/mol. The van der Waals surface area contributed by atoms with Crippen molar-refractivity contribution < 1.29 is 22.3 Å². The van der Waals surface area contributed by atoms with Gasteiger partial charge in [-0.1, -0.05) is 93.3 Å². The summed E-state index contributed by atoms with van der Waals surface area (Å²) in [5.41, 5.74) is 1.39. The minimum atomic E-state index is -0.866. The first-order chi connectivity index (χ1) is 13.7. The number of hydrogen-bond acceptors (Lipinski definition) is 3. The Kier molecular flexibility index (Phi) is 10.2. The predicted octanol–water partition coefficient (Wildman–Crippen LogP) is 1.96. The molecule has 1 aliphatic rings. The summed E-state index contributed by atoms with van der Waals surface area (Å²) in [5, 5.41) is 12.2. The Balaban J connectivity index is 0.00000300. The van der Waals surface area contributed by atoms with Crippen LogP contribution in [0.2, 0.25) is 0 Å². The maximum absolute atomic E-state index is 12.2. The molecule has 160 valence electrons. The van der Waals surface area contributed by atoms with Crippen LogP contribution in [-0.2, 0) is 10.3 Å². The SMILES string of the molecule is CCCCCCC(O)(c1ccccc1)C(CN1CCOCC1)c1ccccc1.[Cl-]. The highest BCUT2D eigenvalue weighted by molar-refractivity contribution is 5.31. The topological polar surface area (TPSA) is 32.7 Å². The standard InChI is InChI=1S/C25H35NO2.ClH/c1-2-3-4-11-16-25(27,23-14-9-6-10-15-23)24(22-12-7-5-8-13-22)21-26-17-19-28-20-18-26;/h5-10,12-15,24,27H,2-4,11,16-21H2,1H3;1H/p-1. The van der Waals surface area contributed by atoms with Crippen molar-refractivity contribution in [1.82, 2.24) is 4.90 Å². The molecule has 0 aromatic heterocycles. The molecule has 0 aliphatic carbocycles. The fourth-order valence-corrected chi connectivity index (χ4v) is 4.33. The van der Waals surface area contributed by atoms with Crippen LogP contribution in [0.3, 0.4) is 0 Å². The van der Waals surface area contributed by atoms with E-state index in [-0.39, 0.29) is 18.3 Å². The molecule has 2 aromatic rings. The van der Waals surface area contributed by atoms with Gasteiger partial charge in [-0.3, -0.25) is 4.90 Å². The highest BCUT2D eigenvalue weighted by Crippen LogP contribution is 2.41. The largest absolute Gasteiger partial charge is 1.00 e. The van der Waals surface area contributed by atoms with Crippen LogP contribution >= 0.6 is 0 Å². The predicted molar refractivity (Wildman–Crippen MR) is 116 cm³/mol. The van der Waals surface area contributed by atoms with E-state index >= 15 is 0 Å². The van der Waals surface area contributed by atoms with Gasteiger partial charge in [-0.05, 0) is 17.5 Å². The van der Waals surface area contributed by atoms with Crippen LogP contribution in [0.5, 0.6) is 0 Å². The van der Waals surface area contributed by atoms with E-state index in [2.05, 4.69) is 54.3 Å². The van der Waals surface area contributed by atoms with E-state index in [4.69, 9.17) is 4.74 Å². The Bertz CT molecular complexity index is 676. The fourth-order valence-electron chi connectivity index (χ4n) is 4.33. The zero-order valence-electron chi connectivity index (χ0n) is 17.6. The van der Waals surface area contributed by atoms with E-state index in [0.29, 0.717) is 0 Å². The lowest BCUT2D eigenvalue weighted by molar-refractivity contribution is -0.0296. The Morgan fingerprint density at radius 3 is 2.17 bits per heavy atom. The van der Waals surface area contributed by atoms with Crippen LogP contribution < -0.4 is 12.4 Å². The number of benzene rings is 2. The molecule has 4 heteroatoms. The van der Waals surface area contributed by atoms with Crippen molar-refractivity contribution in [2.45, 2.75) is 50.5 Å². The van der Waals surface area contributed by atoms with E-state index < -0.39 is 5.60 Å². The molecule has 1 heterocycles. The Labute approximate surface area is 182 Å². The molecule has 3 rings (SSSR count). The van der Waals surface area contributed by atoms with Gasteiger partial charge in [0.2, 0.25) is 0 Å². The van der Waals surface area contributed by atoms with Crippen molar-refractivity contribution in [3.8, 4) is 0 Å². The van der Waals surface area contributed by atoms with E-state index in [1.807, 2.05) is 18.2 Å². The van der Waals surface area contributed by atoms with Crippen LogP contribution in [0.25, 0.3) is 0 Å². The Hall–Kier alpha value is -1.39. The summed E-state index contributed by atoms with van der Waals surface area (Å²) < 4.78 is 5.54. The maximum atomic E-state index is 12.2. The minimum Gasteiger partial charge on any atom is -1.00 e. The number of unbranched alkanes of at least 4 members (excludes halogenated alkanes) is 3.